The maximum atomic E-state index is 3.43. The van der Waals surface area contributed by atoms with Gasteiger partial charge in [-0.1, -0.05) is 0 Å². The number of nitrogens with zero attached hydrogens (tertiary/aromatic N) is 2. The molecule has 2 N–H and O–H groups in total. The van der Waals surface area contributed by atoms with Crippen molar-refractivity contribution in [3.63, 3.8) is 0 Å². The average Bonchev–Trinajstić information content (AvgIpc) is 2.47. The van der Waals surface area contributed by atoms with E-state index in [0.29, 0.717) is 6.04 Å². The van der Waals surface area contributed by atoms with Crippen molar-refractivity contribution >= 4 is 0 Å². The highest BCUT2D eigenvalue weighted by molar-refractivity contribution is 4.88. The van der Waals surface area contributed by atoms with Gasteiger partial charge in [0.2, 0.25) is 0 Å². The maximum Gasteiger partial charge on any atom is 0.0626 e. The molecule has 2 aliphatic heterocycles. The van der Waals surface area contributed by atoms with Crippen LogP contribution in [0, 0.1) is 0 Å². The lowest BCUT2D eigenvalue weighted by Crippen LogP contribution is -2.62. The molecule has 13 heavy (non-hydrogen) atoms. The molecule has 0 aromatic heterocycles. The van der Waals surface area contributed by atoms with Gasteiger partial charge in [0, 0.05) is 18.6 Å². The molecule has 0 aliphatic carbocycles. The predicted molar refractivity (Wildman–Crippen MR) is 53.0 cm³/mol. The molecular formula is C9H20N4. The van der Waals surface area contributed by atoms with Gasteiger partial charge < -0.3 is 5.32 Å². The average molecular weight is 184 g/mol. The molecule has 4 nitrogen and oxygen atoms in total. The number of fused-ring (bicyclic) bond motifs is 1. The Morgan fingerprint density at radius 3 is 2.69 bits per heavy atom. The first-order chi connectivity index (χ1) is 6.07. The van der Waals surface area contributed by atoms with Gasteiger partial charge in [-0.05, 0) is 20.8 Å². The van der Waals surface area contributed by atoms with Crippen molar-refractivity contribution in [2.24, 2.45) is 0 Å². The van der Waals surface area contributed by atoms with E-state index in [-0.39, 0.29) is 5.54 Å². The monoisotopic (exact) mass is 184 g/mol. The first-order valence-electron chi connectivity index (χ1n) is 5.03. The molecule has 2 saturated heterocycles. The number of hydrazine groups is 1. The summed E-state index contributed by atoms with van der Waals surface area (Å²) in [6.45, 7) is 11.1. The van der Waals surface area contributed by atoms with Crippen LogP contribution in [-0.4, -0.2) is 47.9 Å². The molecule has 4 heteroatoms. The lowest BCUT2D eigenvalue weighted by molar-refractivity contribution is -0.00571. The van der Waals surface area contributed by atoms with Crippen molar-refractivity contribution in [1.29, 1.82) is 0 Å². The molecule has 2 aliphatic rings. The van der Waals surface area contributed by atoms with Crippen molar-refractivity contribution in [2.45, 2.75) is 32.4 Å². The lowest BCUT2D eigenvalue weighted by Gasteiger charge is -2.44. The summed E-state index contributed by atoms with van der Waals surface area (Å²) in [6.07, 6.45) is 0. The van der Waals surface area contributed by atoms with Crippen LogP contribution in [-0.2, 0) is 0 Å². The van der Waals surface area contributed by atoms with Crippen molar-refractivity contribution in [3.05, 3.63) is 0 Å². The Bertz CT molecular complexity index is 187. The highest BCUT2D eigenvalue weighted by atomic mass is 15.6. The Hall–Kier alpha value is -0.160. The molecule has 2 rings (SSSR count). The highest BCUT2D eigenvalue weighted by Gasteiger charge is 2.34. The van der Waals surface area contributed by atoms with E-state index in [4.69, 9.17) is 0 Å². The summed E-state index contributed by atoms with van der Waals surface area (Å²) in [5, 5.41) is 5.68. The second-order valence-corrected chi connectivity index (χ2v) is 4.95. The molecule has 0 spiro atoms. The van der Waals surface area contributed by atoms with Gasteiger partial charge in [-0.3, -0.25) is 4.90 Å². The van der Waals surface area contributed by atoms with Gasteiger partial charge in [-0.15, -0.1) is 0 Å². The third-order valence-electron chi connectivity index (χ3n) is 2.95. The fourth-order valence-electron chi connectivity index (χ4n) is 1.95. The van der Waals surface area contributed by atoms with E-state index in [1.165, 1.54) is 6.54 Å². The van der Waals surface area contributed by atoms with Gasteiger partial charge in [0.1, 0.15) is 0 Å². The Labute approximate surface area is 80.2 Å². The number of hydrogen-bond donors (Lipinski definition) is 2. The van der Waals surface area contributed by atoms with Gasteiger partial charge in [-0.25, -0.2) is 10.4 Å². The summed E-state index contributed by atoms with van der Waals surface area (Å²) in [5.41, 5.74) is 3.71. The van der Waals surface area contributed by atoms with E-state index in [1.54, 1.807) is 0 Å². The van der Waals surface area contributed by atoms with Crippen LogP contribution in [0.25, 0.3) is 0 Å². The molecule has 2 heterocycles. The first-order valence-corrected chi connectivity index (χ1v) is 5.03. The minimum atomic E-state index is 0.279. The second kappa shape index (κ2) is 3.20. The summed E-state index contributed by atoms with van der Waals surface area (Å²) >= 11 is 0. The minimum absolute atomic E-state index is 0.279. The topological polar surface area (TPSA) is 30.5 Å². The fourth-order valence-corrected chi connectivity index (χ4v) is 1.95. The molecule has 0 bridgehead atoms. The molecule has 2 fully saturated rings. The van der Waals surface area contributed by atoms with E-state index in [9.17, 15) is 0 Å². The number of nitrogens with one attached hydrogen (secondary N) is 2. The van der Waals surface area contributed by atoms with Gasteiger partial charge >= 0.3 is 0 Å². The van der Waals surface area contributed by atoms with Crippen molar-refractivity contribution in [1.82, 2.24) is 20.7 Å². The molecule has 0 saturated carbocycles. The standard InChI is InChI=1S/C9H20N4/c1-9(2,3)12-5-8-4-10-6-13(8)11-7-12/h8,10-11H,4-7H2,1-3H3. The molecule has 0 radical (unpaired) electrons. The van der Waals surface area contributed by atoms with E-state index in [0.717, 1.165) is 19.9 Å². The summed E-state index contributed by atoms with van der Waals surface area (Å²) in [5.74, 6) is 0. The quantitative estimate of drug-likeness (QED) is 0.545. The third-order valence-corrected chi connectivity index (χ3v) is 2.95. The van der Waals surface area contributed by atoms with E-state index in [2.05, 4.69) is 41.4 Å². The maximum absolute atomic E-state index is 3.43. The van der Waals surface area contributed by atoms with Gasteiger partial charge in [0.15, 0.2) is 0 Å². The summed E-state index contributed by atoms with van der Waals surface area (Å²) < 4.78 is 0. The van der Waals surface area contributed by atoms with E-state index in [1.807, 2.05) is 0 Å². The predicted octanol–water partition coefficient (Wildman–Crippen LogP) is -0.206. The van der Waals surface area contributed by atoms with Crippen LogP contribution in [0.4, 0.5) is 0 Å². The first kappa shape index (κ1) is 9.40. The molecular weight excluding hydrogens is 164 g/mol. The number of hydrogen-bond acceptors (Lipinski definition) is 4. The Kier molecular flexibility index (Phi) is 2.32. The zero-order valence-electron chi connectivity index (χ0n) is 8.80. The van der Waals surface area contributed by atoms with Crippen molar-refractivity contribution in [3.8, 4) is 0 Å². The zero-order valence-corrected chi connectivity index (χ0v) is 8.80. The highest BCUT2D eigenvalue weighted by Crippen LogP contribution is 2.18. The fraction of sp³-hybridized carbons (Fsp3) is 1.00. The minimum Gasteiger partial charge on any atom is -0.302 e. The van der Waals surface area contributed by atoms with Crippen LogP contribution in [0.3, 0.4) is 0 Å². The van der Waals surface area contributed by atoms with Gasteiger partial charge in [0.25, 0.3) is 0 Å². The molecule has 0 aromatic rings. The zero-order chi connectivity index (χ0) is 9.47. The van der Waals surface area contributed by atoms with Crippen molar-refractivity contribution in [2.75, 3.05) is 26.4 Å². The van der Waals surface area contributed by atoms with E-state index < -0.39 is 0 Å². The Morgan fingerprint density at radius 2 is 2.00 bits per heavy atom. The van der Waals surface area contributed by atoms with Gasteiger partial charge in [-0.2, -0.15) is 0 Å². The Morgan fingerprint density at radius 1 is 1.23 bits per heavy atom. The van der Waals surface area contributed by atoms with Gasteiger partial charge in [0.05, 0.1) is 19.4 Å². The van der Waals surface area contributed by atoms with E-state index >= 15 is 0 Å². The molecule has 1 atom stereocenters. The third kappa shape index (κ3) is 1.86. The van der Waals surface area contributed by atoms with Crippen LogP contribution in [0.2, 0.25) is 0 Å². The van der Waals surface area contributed by atoms with Crippen molar-refractivity contribution < 1.29 is 0 Å². The van der Waals surface area contributed by atoms with Crippen LogP contribution < -0.4 is 10.7 Å². The SMILES string of the molecule is CC(C)(C)N1CNN2CNCC2C1. The van der Waals surface area contributed by atoms with Crippen LogP contribution >= 0.6 is 0 Å². The Balaban J connectivity index is 1.97. The smallest absolute Gasteiger partial charge is 0.0626 e. The molecule has 1 unspecified atom stereocenters. The normalized spacial score (nSPS) is 32.1. The summed E-state index contributed by atoms with van der Waals surface area (Å²) in [4.78, 5) is 2.49. The summed E-state index contributed by atoms with van der Waals surface area (Å²) in [7, 11) is 0. The number of rotatable bonds is 0. The lowest BCUT2D eigenvalue weighted by atomic mass is 10.1. The molecule has 0 amide bonds. The molecule has 76 valence electrons. The van der Waals surface area contributed by atoms with Crippen LogP contribution in [0.5, 0.6) is 0 Å². The molecule has 0 aromatic carbocycles. The van der Waals surface area contributed by atoms with Crippen LogP contribution in [0.1, 0.15) is 20.8 Å². The largest absolute Gasteiger partial charge is 0.302 e. The van der Waals surface area contributed by atoms with Crippen LogP contribution in [0.15, 0.2) is 0 Å². The second-order valence-electron chi connectivity index (χ2n) is 4.95. The summed E-state index contributed by atoms with van der Waals surface area (Å²) in [6, 6.07) is 0.646.